The van der Waals surface area contributed by atoms with Gasteiger partial charge in [-0.25, -0.2) is 13.6 Å². The lowest BCUT2D eigenvalue weighted by Gasteiger charge is -2.11. The number of sulfonamides is 1. The number of carbonyl (C=O) groups excluding carboxylic acids is 1. The Labute approximate surface area is 134 Å². The molecule has 0 aliphatic heterocycles. The molecule has 0 spiro atoms. The zero-order valence-corrected chi connectivity index (χ0v) is 14.6. The van der Waals surface area contributed by atoms with Crippen LogP contribution in [0.3, 0.4) is 0 Å². The molecule has 0 radical (unpaired) electrons. The van der Waals surface area contributed by atoms with Crippen LogP contribution in [0.25, 0.3) is 0 Å². The number of nitrogens with two attached hydrogens (primary N) is 1. The minimum atomic E-state index is -3.79. The summed E-state index contributed by atoms with van der Waals surface area (Å²) in [6.45, 7) is 2.57. The summed E-state index contributed by atoms with van der Waals surface area (Å²) in [7, 11) is -3.79. The third-order valence-electron chi connectivity index (χ3n) is 2.25. The van der Waals surface area contributed by atoms with Crippen molar-refractivity contribution in [1.29, 1.82) is 0 Å². The summed E-state index contributed by atoms with van der Waals surface area (Å²) in [5, 5.41) is 7.71. The fourth-order valence-electron chi connectivity index (χ4n) is 1.37. The molecule has 0 aromatic heterocycles. The minimum Gasteiger partial charge on any atom is -0.491 e. The Bertz CT molecular complexity index is 581. The smallest absolute Gasteiger partial charge is 0.238 e. The Morgan fingerprint density at radius 3 is 2.35 bits per heavy atom. The highest BCUT2D eigenvalue weighted by Gasteiger charge is 2.15. The summed E-state index contributed by atoms with van der Waals surface area (Å²) in [6, 6.07) is 2.70. The molecule has 1 aromatic carbocycles. The van der Waals surface area contributed by atoms with Crippen molar-refractivity contribution in [2.75, 3.05) is 13.2 Å². The second kappa shape index (κ2) is 7.39. The van der Waals surface area contributed by atoms with E-state index in [0.717, 1.165) is 0 Å². The van der Waals surface area contributed by atoms with Gasteiger partial charge in [0.05, 0.1) is 26.9 Å². The van der Waals surface area contributed by atoms with Gasteiger partial charge in [0.25, 0.3) is 0 Å². The third-order valence-corrected chi connectivity index (χ3v) is 4.32. The van der Waals surface area contributed by atoms with Crippen molar-refractivity contribution in [3.8, 4) is 5.75 Å². The second-order valence-corrected chi connectivity index (χ2v) is 7.08. The van der Waals surface area contributed by atoms with E-state index in [1.54, 1.807) is 0 Å². The fourth-order valence-corrected chi connectivity index (χ4v) is 3.65. The Hall–Kier alpha value is -0.640. The molecule has 0 atom stereocenters. The number of rotatable bonds is 6. The first-order valence-electron chi connectivity index (χ1n) is 5.67. The molecular formula is C11H14Br2N2O4S. The third kappa shape index (κ3) is 5.04. The van der Waals surface area contributed by atoms with Crippen LogP contribution in [0.2, 0.25) is 0 Å². The van der Waals surface area contributed by atoms with Crippen LogP contribution in [0.4, 0.5) is 0 Å². The summed E-state index contributed by atoms with van der Waals surface area (Å²) in [6.07, 6.45) is 0.212. The first kappa shape index (κ1) is 17.4. The fraction of sp³-hybridized carbons (Fsp3) is 0.364. The summed E-state index contributed by atoms with van der Waals surface area (Å²) in [5.74, 6) is 0.308. The van der Waals surface area contributed by atoms with E-state index in [0.29, 0.717) is 21.2 Å². The van der Waals surface area contributed by atoms with Gasteiger partial charge in [0.2, 0.25) is 15.9 Å². The molecule has 0 aliphatic carbocycles. The Balaban J connectivity index is 2.80. The quantitative estimate of drug-likeness (QED) is 0.719. The monoisotopic (exact) mass is 428 g/mol. The van der Waals surface area contributed by atoms with Crippen LogP contribution >= 0.6 is 31.9 Å². The van der Waals surface area contributed by atoms with Gasteiger partial charge in [0.1, 0.15) is 5.75 Å². The van der Waals surface area contributed by atoms with Gasteiger partial charge >= 0.3 is 0 Å². The molecule has 0 heterocycles. The SMILES string of the molecule is CCNC(=O)CCOc1c(Br)cc(S(N)(=O)=O)cc1Br. The molecule has 0 fully saturated rings. The topological polar surface area (TPSA) is 98.5 Å². The molecular weight excluding hydrogens is 416 g/mol. The molecule has 0 unspecified atom stereocenters. The lowest BCUT2D eigenvalue weighted by Crippen LogP contribution is -2.24. The van der Waals surface area contributed by atoms with Gasteiger partial charge in [0, 0.05) is 6.54 Å². The highest BCUT2D eigenvalue weighted by atomic mass is 79.9. The summed E-state index contributed by atoms with van der Waals surface area (Å²) in [5.41, 5.74) is 0. The van der Waals surface area contributed by atoms with Gasteiger partial charge in [0.15, 0.2) is 0 Å². The molecule has 9 heteroatoms. The largest absolute Gasteiger partial charge is 0.491 e. The molecule has 0 saturated carbocycles. The number of amides is 1. The minimum absolute atomic E-state index is 0.0349. The zero-order valence-electron chi connectivity index (χ0n) is 10.7. The Kier molecular flexibility index (Phi) is 6.44. The molecule has 1 rings (SSSR count). The lowest BCUT2D eigenvalue weighted by atomic mass is 10.3. The number of halogens is 2. The molecule has 0 bridgehead atoms. The summed E-state index contributed by atoms with van der Waals surface area (Å²) >= 11 is 6.43. The van der Waals surface area contributed by atoms with E-state index in [1.165, 1.54) is 12.1 Å². The first-order valence-corrected chi connectivity index (χ1v) is 8.80. The average Bonchev–Trinajstić information content (AvgIpc) is 2.31. The van der Waals surface area contributed by atoms with Crippen LogP contribution in [0.1, 0.15) is 13.3 Å². The molecule has 20 heavy (non-hydrogen) atoms. The molecule has 3 N–H and O–H groups in total. The van der Waals surface area contributed by atoms with E-state index in [-0.39, 0.29) is 23.8 Å². The normalized spacial score (nSPS) is 11.2. The summed E-state index contributed by atoms with van der Waals surface area (Å²) < 4.78 is 28.9. The molecule has 1 amide bonds. The predicted octanol–water partition coefficient (Wildman–Crippen LogP) is 1.76. The number of nitrogens with one attached hydrogen (secondary N) is 1. The van der Waals surface area contributed by atoms with Crippen LogP contribution in [0.15, 0.2) is 26.0 Å². The Morgan fingerprint density at radius 2 is 1.90 bits per heavy atom. The summed E-state index contributed by atoms with van der Waals surface area (Å²) in [4.78, 5) is 11.2. The molecule has 112 valence electrons. The standard InChI is InChI=1S/C11H14Br2N2O4S/c1-2-15-10(16)3-4-19-11-8(12)5-7(6-9(11)13)20(14,17)18/h5-6H,2-4H2,1H3,(H,15,16)(H2,14,17,18). The maximum atomic E-state index is 11.3. The molecule has 1 aromatic rings. The van der Waals surface area contributed by atoms with Crippen LogP contribution in [-0.4, -0.2) is 27.5 Å². The number of carbonyl (C=O) groups is 1. The van der Waals surface area contributed by atoms with Crippen LogP contribution in [0.5, 0.6) is 5.75 Å². The lowest BCUT2D eigenvalue weighted by molar-refractivity contribution is -0.121. The molecule has 0 aliphatic rings. The highest BCUT2D eigenvalue weighted by molar-refractivity contribution is 9.11. The average molecular weight is 430 g/mol. The van der Waals surface area contributed by atoms with Crippen LogP contribution in [-0.2, 0) is 14.8 Å². The van der Waals surface area contributed by atoms with E-state index in [9.17, 15) is 13.2 Å². The van der Waals surface area contributed by atoms with Crippen molar-refractivity contribution in [2.45, 2.75) is 18.2 Å². The first-order chi connectivity index (χ1) is 9.25. The van der Waals surface area contributed by atoms with Gasteiger partial charge in [-0.05, 0) is 50.9 Å². The van der Waals surface area contributed by atoms with Crippen molar-refractivity contribution in [1.82, 2.24) is 5.32 Å². The number of ether oxygens (including phenoxy) is 1. The van der Waals surface area contributed by atoms with Gasteiger partial charge < -0.3 is 10.1 Å². The zero-order chi connectivity index (χ0) is 15.3. The maximum Gasteiger partial charge on any atom is 0.238 e. The molecule has 6 nitrogen and oxygen atoms in total. The number of primary sulfonamides is 1. The van der Waals surface area contributed by atoms with Gasteiger partial charge in [-0.15, -0.1) is 0 Å². The van der Waals surface area contributed by atoms with Gasteiger partial charge in [-0.2, -0.15) is 0 Å². The van der Waals surface area contributed by atoms with Crippen molar-refractivity contribution in [3.63, 3.8) is 0 Å². The van der Waals surface area contributed by atoms with E-state index in [4.69, 9.17) is 9.88 Å². The predicted molar refractivity (Wildman–Crippen MR) is 82.0 cm³/mol. The van der Waals surface area contributed by atoms with Gasteiger partial charge in [-0.1, -0.05) is 0 Å². The van der Waals surface area contributed by atoms with Crippen LogP contribution in [0, 0.1) is 0 Å². The Morgan fingerprint density at radius 1 is 1.35 bits per heavy atom. The van der Waals surface area contributed by atoms with Crippen molar-refractivity contribution in [3.05, 3.63) is 21.1 Å². The number of hydrogen-bond donors (Lipinski definition) is 2. The number of hydrogen-bond acceptors (Lipinski definition) is 4. The van der Waals surface area contributed by atoms with Crippen molar-refractivity contribution in [2.24, 2.45) is 5.14 Å². The van der Waals surface area contributed by atoms with E-state index >= 15 is 0 Å². The van der Waals surface area contributed by atoms with Crippen LogP contribution < -0.4 is 15.2 Å². The second-order valence-electron chi connectivity index (χ2n) is 3.81. The number of benzene rings is 1. The molecule has 0 saturated heterocycles. The van der Waals surface area contributed by atoms with Crippen molar-refractivity contribution >= 4 is 47.8 Å². The van der Waals surface area contributed by atoms with Gasteiger partial charge in [-0.3, -0.25) is 4.79 Å². The van der Waals surface area contributed by atoms with E-state index in [1.807, 2.05) is 6.92 Å². The van der Waals surface area contributed by atoms with Crippen molar-refractivity contribution < 1.29 is 17.9 Å². The highest BCUT2D eigenvalue weighted by Crippen LogP contribution is 2.35. The van der Waals surface area contributed by atoms with E-state index in [2.05, 4.69) is 37.2 Å². The van der Waals surface area contributed by atoms with E-state index < -0.39 is 10.0 Å². The maximum absolute atomic E-state index is 11.3.